The van der Waals surface area contributed by atoms with Crippen LogP contribution in [0.5, 0.6) is 0 Å². The Morgan fingerprint density at radius 2 is 2.35 bits per heavy atom. The van der Waals surface area contributed by atoms with Gasteiger partial charge in [-0.05, 0) is 18.6 Å². The van der Waals surface area contributed by atoms with Crippen LogP contribution >= 0.6 is 11.6 Å². The lowest BCUT2D eigenvalue weighted by molar-refractivity contribution is 0.0689. The third-order valence-corrected chi connectivity index (χ3v) is 2.70. The van der Waals surface area contributed by atoms with Crippen LogP contribution in [0.4, 0.5) is 0 Å². The normalized spacial score (nSPS) is 10.5. The van der Waals surface area contributed by atoms with E-state index in [9.17, 15) is 4.79 Å². The standard InChI is InChI=1S/C10H9ClN4O2/c1-6-9(10(16)17)13-14-15(6)5-7-2-3-12-4-8(7)11/h2-4H,5H2,1H3,(H,16,17). The molecule has 1 N–H and O–H groups in total. The number of hydrogen-bond donors (Lipinski definition) is 1. The maximum Gasteiger partial charge on any atom is 0.358 e. The summed E-state index contributed by atoms with van der Waals surface area (Å²) in [5.41, 5.74) is 1.26. The van der Waals surface area contributed by atoms with Gasteiger partial charge >= 0.3 is 5.97 Å². The highest BCUT2D eigenvalue weighted by molar-refractivity contribution is 6.31. The Morgan fingerprint density at radius 3 is 2.94 bits per heavy atom. The first-order chi connectivity index (χ1) is 8.09. The summed E-state index contributed by atoms with van der Waals surface area (Å²) >= 11 is 5.96. The number of pyridine rings is 1. The molecule has 2 aromatic heterocycles. The molecule has 17 heavy (non-hydrogen) atoms. The molecule has 0 amide bonds. The molecule has 0 aliphatic rings. The van der Waals surface area contributed by atoms with Crippen LogP contribution in [0.3, 0.4) is 0 Å². The predicted octanol–water partition coefficient (Wildman–Crippen LogP) is 1.38. The van der Waals surface area contributed by atoms with Crippen molar-refractivity contribution >= 4 is 17.6 Å². The van der Waals surface area contributed by atoms with Crippen LogP contribution < -0.4 is 0 Å². The van der Waals surface area contributed by atoms with E-state index < -0.39 is 5.97 Å². The third kappa shape index (κ3) is 2.26. The fraction of sp³-hybridized carbons (Fsp3) is 0.200. The molecule has 0 aliphatic carbocycles. The van der Waals surface area contributed by atoms with Gasteiger partial charge in [0.1, 0.15) is 0 Å². The summed E-state index contributed by atoms with van der Waals surface area (Å²) in [7, 11) is 0. The number of aromatic carboxylic acids is 1. The number of carbonyl (C=O) groups is 1. The fourth-order valence-corrected chi connectivity index (χ4v) is 1.58. The summed E-state index contributed by atoms with van der Waals surface area (Å²) < 4.78 is 1.49. The van der Waals surface area contributed by atoms with E-state index in [2.05, 4.69) is 15.3 Å². The number of carboxylic acids is 1. The molecule has 0 aliphatic heterocycles. The van der Waals surface area contributed by atoms with Gasteiger partial charge in [-0.2, -0.15) is 0 Å². The topological polar surface area (TPSA) is 80.9 Å². The highest BCUT2D eigenvalue weighted by atomic mass is 35.5. The lowest BCUT2D eigenvalue weighted by atomic mass is 10.2. The zero-order valence-electron chi connectivity index (χ0n) is 8.96. The molecule has 0 spiro atoms. The number of aromatic nitrogens is 4. The molecule has 88 valence electrons. The third-order valence-electron chi connectivity index (χ3n) is 2.36. The first kappa shape index (κ1) is 11.5. The minimum atomic E-state index is -1.09. The minimum Gasteiger partial charge on any atom is -0.476 e. The molecule has 0 atom stereocenters. The largest absolute Gasteiger partial charge is 0.476 e. The Kier molecular flexibility index (Phi) is 3.06. The summed E-state index contributed by atoms with van der Waals surface area (Å²) in [4.78, 5) is 14.7. The second-order valence-corrected chi connectivity index (χ2v) is 3.86. The summed E-state index contributed by atoms with van der Waals surface area (Å²) in [6.45, 7) is 2.02. The molecule has 0 radical (unpaired) electrons. The van der Waals surface area contributed by atoms with E-state index in [0.717, 1.165) is 5.56 Å². The first-order valence-corrected chi connectivity index (χ1v) is 5.19. The lowest BCUT2D eigenvalue weighted by Gasteiger charge is -2.04. The van der Waals surface area contributed by atoms with E-state index in [1.807, 2.05) is 0 Å². The van der Waals surface area contributed by atoms with Crippen molar-refractivity contribution in [2.45, 2.75) is 13.5 Å². The molecule has 2 rings (SSSR count). The zero-order valence-corrected chi connectivity index (χ0v) is 9.72. The molecule has 0 bridgehead atoms. The quantitative estimate of drug-likeness (QED) is 0.893. The number of hydrogen-bond acceptors (Lipinski definition) is 4. The van der Waals surface area contributed by atoms with Gasteiger partial charge in [-0.3, -0.25) is 4.98 Å². The van der Waals surface area contributed by atoms with Gasteiger partial charge in [0.2, 0.25) is 0 Å². The smallest absolute Gasteiger partial charge is 0.358 e. The first-order valence-electron chi connectivity index (χ1n) is 4.81. The molecular weight excluding hydrogens is 244 g/mol. The van der Waals surface area contributed by atoms with Gasteiger partial charge < -0.3 is 5.11 Å². The van der Waals surface area contributed by atoms with Gasteiger partial charge in [-0.1, -0.05) is 16.8 Å². The molecule has 6 nitrogen and oxygen atoms in total. The van der Waals surface area contributed by atoms with Crippen LogP contribution in [0, 0.1) is 6.92 Å². The van der Waals surface area contributed by atoms with E-state index >= 15 is 0 Å². The molecule has 0 fully saturated rings. The van der Waals surface area contributed by atoms with Gasteiger partial charge in [0.15, 0.2) is 5.69 Å². The van der Waals surface area contributed by atoms with Crippen molar-refractivity contribution in [2.75, 3.05) is 0 Å². The molecule has 0 saturated carbocycles. The van der Waals surface area contributed by atoms with Gasteiger partial charge in [0, 0.05) is 12.4 Å². The molecule has 0 unspecified atom stereocenters. The van der Waals surface area contributed by atoms with Crippen LogP contribution in [0.1, 0.15) is 21.7 Å². The van der Waals surface area contributed by atoms with Crippen molar-refractivity contribution in [3.05, 3.63) is 40.4 Å². The lowest BCUT2D eigenvalue weighted by Crippen LogP contribution is -2.06. The number of halogens is 1. The van der Waals surface area contributed by atoms with Gasteiger partial charge in [-0.15, -0.1) is 5.10 Å². The molecule has 0 saturated heterocycles. The second-order valence-electron chi connectivity index (χ2n) is 3.45. The van der Waals surface area contributed by atoms with Gasteiger partial charge in [0.25, 0.3) is 0 Å². The SMILES string of the molecule is Cc1c(C(=O)O)nnn1Cc1ccncc1Cl. The molecule has 7 heteroatoms. The van der Waals surface area contributed by atoms with Crippen LogP contribution in [0.15, 0.2) is 18.5 Å². The number of rotatable bonds is 3. The van der Waals surface area contributed by atoms with E-state index in [4.69, 9.17) is 16.7 Å². The molecule has 0 aromatic carbocycles. The summed E-state index contributed by atoms with van der Waals surface area (Å²) in [6, 6.07) is 1.75. The van der Waals surface area contributed by atoms with Crippen molar-refractivity contribution in [1.82, 2.24) is 20.0 Å². The Hall–Kier alpha value is -1.95. The Bertz CT molecular complexity index is 567. The minimum absolute atomic E-state index is 0.0461. The molecule has 2 heterocycles. The fourth-order valence-electron chi connectivity index (χ4n) is 1.40. The van der Waals surface area contributed by atoms with Crippen LogP contribution in [0.2, 0.25) is 5.02 Å². The molecular formula is C10H9ClN4O2. The van der Waals surface area contributed by atoms with Crippen LogP contribution in [0.25, 0.3) is 0 Å². The van der Waals surface area contributed by atoms with E-state index in [1.54, 1.807) is 19.2 Å². The van der Waals surface area contributed by atoms with Crippen molar-refractivity contribution in [3.63, 3.8) is 0 Å². The summed E-state index contributed by atoms with van der Waals surface area (Å²) in [5, 5.41) is 16.7. The highest BCUT2D eigenvalue weighted by Gasteiger charge is 2.15. The summed E-state index contributed by atoms with van der Waals surface area (Å²) in [5.74, 6) is -1.09. The average Bonchev–Trinajstić information content (AvgIpc) is 2.64. The van der Waals surface area contributed by atoms with E-state index in [0.29, 0.717) is 17.3 Å². The van der Waals surface area contributed by atoms with Crippen LogP contribution in [-0.2, 0) is 6.54 Å². The van der Waals surface area contributed by atoms with Gasteiger partial charge in [-0.25, -0.2) is 9.48 Å². The average molecular weight is 253 g/mol. The maximum absolute atomic E-state index is 10.8. The van der Waals surface area contributed by atoms with Gasteiger partial charge in [0.05, 0.1) is 17.3 Å². The number of nitrogens with zero attached hydrogens (tertiary/aromatic N) is 4. The van der Waals surface area contributed by atoms with Crippen molar-refractivity contribution in [3.8, 4) is 0 Å². The number of carboxylic acid groups (broad SMARTS) is 1. The Morgan fingerprint density at radius 1 is 1.59 bits per heavy atom. The van der Waals surface area contributed by atoms with E-state index in [1.165, 1.54) is 10.9 Å². The predicted molar refractivity (Wildman–Crippen MR) is 60.1 cm³/mol. The summed E-state index contributed by atoms with van der Waals surface area (Å²) in [6.07, 6.45) is 3.15. The monoisotopic (exact) mass is 252 g/mol. The maximum atomic E-state index is 10.8. The zero-order chi connectivity index (χ0) is 12.4. The van der Waals surface area contributed by atoms with Crippen LogP contribution in [-0.4, -0.2) is 31.1 Å². The van der Waals surface area contributed by atoms with Crippen molar-refractivity contribution in [2.24, 2.45) is 0 Å². The van der Waals surface area contributed by atoms with E-state index in [-0.39, 0.29) is 5.69 Å². The molecule has 2 aromatic rings. The second kappa shape index (κ2) is 4.50. The van der Waals surface area contributed by atoms with Crippen molar-refractivity contribution < 1.29 is 9.90 Å². The van der Waals surface area contributed by atoms with Crippen molar-refractivity contribution in [1.29, 1.82) is 0 Å². The Labute approximate surface area is 102 Å². The Balaban J connectivity index is 2.31. The highest BCUT2D eigenvalue weighted by Crippen LogP contribution is 2.15.